The van der Waals surface area contributed by atoms with E-state index in [1.54, 1.807) is 6.07 Å². The van der Waals surface area contributed by atoms with Crippen molar-refractivity contribution in [2.45, 2.75) is 12.1 Å². The molecule has 0 aliphatic heterocycles. The Morgan fingerprint density at radius 1 is 1.19 bits per heavy atom. The zero-order valence-electron chi connectivity index (χ0n) is 14.9. The summed E-state index contributed by atoms with van der Waals surface area (Å²) in [6.07, 6.45) is 0. The van der Waals surface area contributed by atoms with Crippen LogP contribution in [0.15, 0.2) is 64.9 Å². The molecule has 6 nitrogen and oxygen atoms in total. The molecule has 0 saturated carbocycles. The smallest absolute Gasteiger partial charge is 0.250 e. The van der Waals surface area contributed by atoms with Gasteiger partial charge in [-0.3, -0.25) is 4.79 Å². The SMILES string of the molecule is CC(=NNC(=O)CSc1nnc(-c2cccc(Cl)c2)n1C)c1ccccc1. The molecule has 2 aromatic carbocycles. The van der Waals surface area contributed by atoms with Gasteiger partial charge in [-0.05, 0) is 24.6 Å². The lowest BCUT2D eigenvalue weighted by molar-refractivity contribution is -0.118. The molecular formula is C19H18ClN5OS. The Balaban J connectivity index is 1.60. The number of hydrogen-bond acceptors (Lipinski definition) is 5. The van der Waals surface area contributed by atoms with E-state index in [4.69, 9.17) is 11.6 Å². The van der Waals surface area contributed by atoms with Crippen LogP contribution >= 0.6 is 23.4 Å². The Hall–Kier alpha value is -2.64. The average molecular weight is 400 g/mol. The lowest BCUT2D eigenvalue weighted by atomic mass is 10.1. The Kier molecular flexibility index (Phi) is 6.26. The summed E-state index contributed by atoms with van der Waals surface area (Å²) in [6.45, 7) is 1.85. The number of carbonyl (C=O) groups is 1. The van der Waals surface area contributed by atoms with E-state index >= 15 is 0 Å². The number of halogens is 1. The standard InChI is InChI=1S/C19H18ClN5OS/c1-13(14-7-4-3-5-8-14)21-22-17(26)12-27-19-24-23-18(25(19)2)15-9-6-10-16(20)11-15/h3-11H,12H2,1-2H3,(H,22,26). The van der Waals surface area contributed by atoms with Gasteiger partial charge in [-0.1, -0.05) is 65.8 Å². The molecule has 1 aromatic heterocycles. The van der Waals surface area contributed by atoms with Crippen molar-refractivity contribution in [3.8, 4) is 11.4 Å². The first-order chi connectivity index (χ1) is 13.0. The van der Waals surface area contributed by atoms with Gasteiger partial charge in [-0.15, -0.1) is 10.2 Å². The highest BCUT2D eigenvalue weighted by Crippen LogP contribution is 2.24. The fourth-order valence-electron chi connectivity index (χ4n) is 2.37. The molecule has 138 valence electrons. The van der Waals surface area contributed by atoms with Crippen LogP contribution in [0.3, 0.4) is 0 Å². The molecule has 27 heavy (non-hydrogen) atoms. The summed E-state index contributed by atoms with van der Waals surface area (Å²) in [5.74, 6) is 0.675. The van der Waals surface area contributed by atoms with E-state index in [2.05, 4.69) is 20.7 Å². The molecule has 3 rings (SSSR count). The van der Waals surface area contributed by atoms with Gasteiger partial charge < -0.3 is 4.57 Å². The lowest BCUT2D eigenvalue weighted by Crippen LogP contribution is -2.21. The van der Waals surface area contributed by atoms with Gasteiger partial charge in [-0.25, -0.2) is 5.43 Å². The minimum atomic E-state index is -0.206. The average Bonchev–Trinajstić information content (AvgIpc) is 3.05. The van der Waals surface area contributed by atoms with Crippen molar-refractivity contribution in [3.63, 3.8) is 0 Å². The minimum absolute atomic E-state index is 0.188. The number of benzene rings is 2. The van der Waals surface area contributed by atoms with Crippen LogP contribution in [0, 0.1) is 0 Å². The van der Waals surface area contributed by atoms with Gasteiger partial charge in [0.1, 0.15) is 0 Å². The maximum atomic E-state index is 12.1. The molecule has 0 atom stereocenters. The van der Waals surface area contributed by atoms with Gasteiger partial charge in [0.25, 0.3) is 5.91 Å². The molecular weight excluding hydrogens is 382 g/mol. The quantitative estimate of drug-likeness (QED) is 0.389. The molecule has 0 unspecified atom stereocenters. The first-order valence-electron chi connectivity index (χ1n) is 8.21. The number of nitrogens with zero attached hydrogens (tertiary/aromatic N) is 4. The predicted octanol–water partition coefficient (Wildman–Crippen LogP) is 3.77. The zero-order chi connectivity index (χ0) is 19.2. The second-order valence-corrected chi connectivity index (χ2v) is 7.14. The first kappa shape index (κ1) is 19.1. The van der Waals surface area contributed by atoms with Crippen molar-refractivity contribution in [3.05, 3.63) is 65.2 Å². The molecule has 3 aromatic rings. The number of rotatable bonds is 6. The number of nitrogens with one attached hydrogen (secondary N) is 1. The number of carbonyl (C=O) groups excluding carboxylic acids is 1. The molecule has 0 saturated heterocycles. The Labute approximate surface area is 166 Å². The highest BCUT2D eigenvalue weighted by Gasteiger charge is 2.13. The van der Waals surface area contributed by atoms with E-state index < -0.39 is 0 Å². The van der Waals surface area contributed by atoms with Crippen LogP contribution in [0.25, 0.3) is 11.4 Å². The van der Waals surface area contributed by atoms with Crippen molar-refractivity contribution >= 4 is 35.0 Å². The van der Waals surface area contributed by atoms with Crippen LogP contribution in [-0.4, -0.2) is 32.1 Å². The number of aromatic nitrogens is 3. The maximum Gasteiger partial charge on any atom is 0.250 e. The molecule has 0 spiro atoms. The van der Waals surface area contributed by atoms with Crippen LogP contribution in [0.5, 0.6) is 0 Å². The summed E-state index contributed by atoms with van der Waals surface area (Å²) >= 11 is 7.33. The molecule has 0 fully saturated rings. The molecule has 0 aliphatic rings. The van der Waals surface area contributed by atoms with Crippen LogP contribution in [0.4, 0.5) is 0 Å². The summed E-state index contributed by atoms with van der Waals surface area (Å²) < 4.78 is 1.84. The maximum absolute atomic E-state index is 12.1. The van der Waals surface area contributed by atoms with E-state index in [1.807, 2.05) is 67.1 Å². The second kappa shape index (κ2) is 8.83. The summed E-state index contributed by atoms with van der Waals surface area (Å²) in [5.41, 5.74) is 5.15. The summed E-state index contributed by atoms with van der Waals surface area (Å²) in [4.78, 5) is 12.1. The molecule has 0 radical (unpaired) electrons. The van der Waals surface area contributed by atoms with Crippen LogP contribution in [-0.2, 0) is 11.8 Å². The lowest BCUT2D eigenvalue weighted by Gasteiger charge is -2.05. The van der Waals surface area contributed by atoms with Crippen molar-refractivity contribution in [2.24, 2.45) is 12.1 Å². The van der Waals surface area contributed by atoms with Gasteiger partial charge >= 0.3 is 0 Å². The minimum Gasteiger partial charge on any atom is -0.305 e. The van der Waals surface area contributed by atoms with E-state index in [0.29, 0.717) is 16.0 Å². The van der Waals surface area contributed by atoms with E-state index in [1.165, 1.54) is 11.8 Å². The molecule has 0 aliphatic carbocycles. The van der Waals surface area contributed by atoms with E-state index in [-0.39, 0.29) is 11.7 Å². The van der Waals surface area contributed by atoms with Crippen LogP contribution < -0.4 is 5.43 Å². The van der Waals surface area contributed by atoms with E-state index in [9.17, 15) is 4.79 Å². The fraction of sp³-hybridized carbons (Fsp3) is 0.158. The molecule has 1 N–H and O–H groups in total. The second-order valence-electron chi connectivity index (χ2n) is 5.76. The molecule has 0 bridgehead atoms. The van der Waals surface area contributed by atoms with Crippen molar-refractivity contribution < 1.29 is 4.79 Å². The third-order valence-electron chi connectivity index (χ3n) is 3.79. The monoisotopic (exact) mass is 399 g/mol. The highest BCUT2D eigenvalue weighted by atomic mass is 35.5. The summed E-state index contributed by atoms with van der Waals surface area (Å²) in [7, 11) is 1.86. The van der Waals surface area contributed by atoms with Gasteiger partial charge in [0.15, 0.2) is 11.0 Å². The number of amides is 1. The summed E-state index contributed by atoms with van der Waals surface area (Å²) in [5, 5.41) is 13.8. The number of hydrazone groups is 1. The van der Waals surface area contributed by atoms with Gasteiger partial charge in [0.2, 0.25) is 0 Å². The summed E-state index contributed by atoms with van der Waals surface area (Å²) in [6, 6.07) is 17.1. The van der Waals surface area contributed by atoms with Crippen molar-refractivity contribution in [1.82, 2.24) is 20.2 Å². The van der Waals surface area contributed by atoms with Gasteiger partial charge in [0, 0.05) is 17.6 Å². The number of hydrogen-bond donors (Lipinski definition) is 1. The largest absolute Gasteiger partial charge is 0.305 e. The topological polar surface area (TPSA) is 72.2 Å². The number of thioether (sulfide) groups is 1. The molecule has 8 heteroatoms. The van der Waals surface area contributed by atoms with Gasteiger partial charge in [0.05, 0.1) is 11.5 Å². The van der Waals surface area contributed by atoms with Crippen LogP contribution in [0.2, 0.25) is 5.02 Å². The first-order valence-corrected chi connectivity index (χ1v) is 9.57. The molecule has 1 heterocycles. The zero-order valence-corrected chi connectivity index (χ0v) is 16.5. The van der Waals surface area contributed by atoms with Crippen LogP contribution in [0.1, 0.15) is 12.5 Å². The Morgan fingerprint density at radius 3 is 2.70 bits per heavy atom. The van der Waals surface area contributed by atoms with E-state index in [0.717, 1.165) is 16.8 Å². The third kappa shape index (κ3) is 4.96. The Morgan fingerprint density at radius 2 is 1.96 bits per heavy atom. The fourth-order valence-corrected chi connectivity index (χ4v) is 3.27. The van der Waals surface area contributed by atoms with Gasteiger partial charge in [-0.2, -0.15) is 5.10 Å². The van der Waals surface area contributed by atoms with Crippen molar-refractivity contribution in [1.29, 1.82) is 0 Å². The predicted molar refractivity (Wildman–Crippen MR) is 109 cm³/mol. The highest BCUT2D eigenvalue weighted by molar-refractivity contribution is 7.99. The van der Waals surface area contributed by atoms with Crippen molar-refractivity contribution in [2.75, 3.05) is 5.75 Å². The normalized spacial score (nSPS) is 11.4. The third-order valence-corrected chi connectivity index (χ3v) is 5.05. The Bertz CT molecular complexity index is 971. The molecule has 1 amide bonds.